The van der Waals surface area contributed by atoms with E-state index in [1.165, 1.54) is 6.07 Å². The van der Waals surface area contributed by atoms with Crippen LogP contribution in [0.3, 0.4) is 0 Å². The van der Waals surface area contributed by atoms with Gasteiger partial charge in [-0.3, -0.25) is 4.79 Å². The lowest BCUT2D eigenvalue weighted by Gasteiger charge is -2.23. The van der Waals surface area contributed by atoms with E-state index in [9.17, 15) is 9.18 Å². The summed E-state index contributed by atoms with van der Waals surface area (Å²) in [5, 5.41) is 2.78. The Kier molecular flexibility index (Phi) is 4.12. The Bertz CT molecular complexity index is 419. The average Bonchev–Trinajstić information content (AvgIpc) is 2.34. The molecule has 1 heterocycles. The van der Waals surface area contributed by atoms with Gasteiger partial charge in [-0.1, -0.05) is 6.07 Å². The molecule has 1 aliphatic rings. The number of nitrogens with one attached hydrogen (secondary N) is 1. The second kappa shape index (κ2) is 5.60. The van der Waals surface area contributed by atoms with Gasteiger partial charge in [0.25, 0.3) is 5.91 Å². The van der Waals surface area contributed by atoms with E-state index in [4.69, 9.17) is 4.74 Å². The molecule has 0 radical (unpaired) electrons. The minimum atomic E-state index is -0.526. The fraction of sp³-hybridized carbons (Fsp3) is 0.417. The Labute approximate surface area is 107 Å². The molecule has 2 rings (SSSR count). The fourth-order valence-corrected chi connectivity index (χ4v) is 2.16. The maximum atomic E-state index is 13.7. The van der Waals surface area contributed by atoms with E-state index in [1.807, 2.05) is 0 Å². The van der Waals surface area contributed by atoms with Crippen LogP contribution in [-0.2, 0) is 4.74 Å². The zero-order chi connectivity index (χ0) is 12.3. The van der Waals surface area contributed by atoms with Crippen LogP contribution in [0.2, 0.25) is 0 Å². The fourth-order valence-electron chi connectivity index (χ4n) is 1.80. The van der Waals surface area contributed by atoms with Gasteiger partial charge in [0.15, 0.2) is 0 Å². The summed E-state index contributed by atoms with van der Waals surface area (Å²) < 4.78 is 19.2. The second-order valence-corrected chi connectivity index (χ2v) is 4.84. The maximum absolute atomic E-state index is 13.7. The predicted octanol–water partition coefficient (Wildman–Crippen LogP) is 2.50. The number of carbonyl (C=O) groups excluding carboxylic acids is 1. The molecule has 1 saturated heterocycles. The molecule has 1 fully saturated rings. The smallest absolute Gasteiger partial charge is 0.254 e. The Hall–Kier alpha value is -0.940. The molecule has 1 atom stereocenters. The van der Waals surface area contributed by atoms with Crippen molar-refractivity contribution in [2.45, 2.75) is 18.9 Å². The summed E-state index contributed by atoms with van der Waals surface area (Å²) in [6, 6.07) is 4.66. The standard InChI is InChI=1S/C12H13BrFNO2/c13-10-5-1-4-9(11(10)14)12(16)15-8-3-2-6-17-7-8/h1,4-5,8H,2-3,6-7H2,(H,15,16). The molecule has 0 saturated carbocycles. The van der Waals surface area contributed by atoms with E-state index < -0.39 is 5.82 Å². The van der Waals surface area contributed by atoms with E-state index in [-0.39, 0.29) is 17.5 Å². The average molecular weight is 302 g/mol. The van der Waals surface area contributed by atoms with E-state index in [0.717, 1.165) is 19.4 Å². The summed E-state index contributed by atoms with van der Waals surface area (Å²) in [5.74, 6) is -0.916. The monoisotopic (exact) mass is 301 g/mol. The van der Waals surface area contributed by atoms with Crippen molar-refractivity contribution in [1.82, 2.24) is 5.32 Å². The van der Waals surface area contributed by atoms with Crippen molar-refractivity contribution in [3.8, 4) is 0 Å². The molecule has 1 aromatic rings. The highest BCUT2D eigenvalue weighted by Crippen LogP contribution is 2.18. The van der Waals surface area contributed by atoms with Crippen molar-refractivity contribution < 1.29 is 13.9 Å². The molecule has 1 N–H and O–H groups in total. The third-order valence-electron chi connectivity index (χ3n) is 2.69. The van der Waals surface area contributed by atoms with Gasteiger partial charge in [-0.05, 0) is 40.9 Å². The summed E-state index contributed by atoms with van der Waals surface area (Å²) in [6.07, 6.45) is 1.80. The van der Waals surface area contributed by atoms with Crippen molar-refractivity contribution in [2.24, 2.45) is 0 Å². The first-order valence-electron chi connectivity index (χ1n) is 5.51. The van der Waals surface area contributed by atoms with Crippen molar-refractivity contribution in [3.05, 3.63) is 34.1 Å². The SMILES string of the molecule is O=C(NC1CCCOC1)c1cccc(Br)c1F. The third-order valence-corrected chi connectivity index (χ3v) is 3.30. The van der Waals surface area contributed by atoms with Crippen LogP contribution in [0.5, 0.6) is 0 Å². The highest BCUT2D eigenvalue weighted by atomic mass is 79.9. The molecule has 5 heteroatoms. The topological polar surface area (TPSA) is 38.3 Å². The molecule has 1 amide bonds. The van der Waals surface area contributed by atoms with Crippen LogP contribution in [-0.4, -0.2) is 25.2 Å². The van der Waals surface area contributed by atoms with Crippen molar-refractivity contribution in [1.29, 1.82) is 0 Å². The van der Waals surface area contributed by atoms with Crippen molar-refractivity contribution >= 4 is 21.8 Å². The summed E-state index contributed by atoms with van der Waals surface area (Å²) >= 11 is 3.06. The highest BCUT2D eigenvalue weighted by molar-refractivity contribution is 9.10. The summed E-state index contributed by atoms with van der Waals surface area (Å²) in [5.41, 5.74) is 0.0601. The molecule has 17 heavy (non-hydrogen) atoms. The second-order valence-electron chi connectivity index (χ2n) is 3.99. The molecule has 0 aliphatic carbocycles. The van der Waals surface area contributed by atoms with Gasteiger partial charge >= 0.3 is 0 Å². The normalized spacial score (nSPS) is 20.0. The summed E-state index contributed by atoms with van der Waals surface area (Å²) in [7, 11) is 0. The molecule has 1 aliphatic heterocycles. The Morgan fingerprint density at radius 3 is 3.06 bits per heavy atom. The Balaban J connectivity index is 2.06. The lowest BCUT2D eigenvalue weighted by Crippen LogP contribution is -2.40. The van der Waals surface area contributed by atoms with Gasteiger partial charge in [-0.25, -0.2) is 4.39 Å². The third kappa shape index (κ3) is 3.04. The first kappa shape index (κ1) is 12.5. The van der Waals surface area contributed by atoms with Gasteiger partial charge in [-0.2, -0.15) is 0 Å². The molecule has 0 aromatic heterocycles. The number of rotatable bonds is 2. The minimum absolute atomic E-state index is 0.0189. The maximum Gasteiger partial charge on any atom is 0.254 e. The summed E-state index contributed by atoms with van der Waals surface area (Å²) in [6.45, 7) is 1.24. The van der Waals surface area contributed by atoms with Crippen LogP contribution in [0.1, 0.15) is 23.2 Å². The van der Waals surface area contributed by atoms with Crippen LogP contribution < -0.4 is 5.32 Å². The lowest BCUT2D eigenvalue weighted by molar-refractivity contribution is 0.0622. The van der Waals surface area contributed by atoms with E-state index >= 15 is 0 Å². The zero-order valence-corrected chi connectivity index (χ0v) is 10.8. The number of halogens is 2. The van der Waals surface area contributed by atoms with Crippen LogP contribution >= 0.6 is 15.9 Å². The van der Waals surface area contributed by atoms with Crippen molar-refractivity contribution in [3.63, 3.8) is 0 Å². The largest absolute Gasteiger partial charge is 0.379 e. The van der Waals surface area contributed by atoms with Gasteiger partial charge in [0, 0.05) is 6.61 Å². The molecular formula is C12H13BrFNO2. The number of ether oxygens (including phenoxy) is 1. The molecule has 1 aromatic carbocycles. The predicted molar refractivity (Wildman–Crippen MR) is 65.4 cm³/mol. The van der Waals surface area contributed by atoms with Gasteiger partial charge in [0.1, 0.15) is 5.82 Å². The van der Waals surface area contributed by atoms with Gasteiger partial charge in [-0.15, -0.1) is 0 Å². The van der Waals surface area contributed by atoms with Crippen LogP contribution in [0.15, 0.2) is 22.7 Å². The molecule has 0 spiro atoms. The molecule has 1 unspecified atom stereocenters. The number of hydrogen-bond acceptors (Lipinski definition) is 2. The molecule has 3 nitrogen and oxygen atoms in total. The molecule has 92 valence electrons. The van der Waals surface area contributed by atoms with Gasteiger partial charge < -0.3 is 10.1 Å². The first-order chi connectivity index (χ1) is 8.18. The quantitative estimate of drug-likeness (QED) is 0.911. The Morgan fingerprint density at radius 1 is 1.53 bits per heavy atom. The van der Waals surface area contributed by atoms with Crippen LogP contribution in [0.4, 0.5) is 4.39 Å². The van der Waals surface area contributed by atoms with Crippen LogP contribution in [0, 0.1) is 5.82 Å². The zero-order valence-electron chi connectivity index (χ0n) is 9.21. The number of carbonyl (C=O) groups is 1. The molecular weight excluding hydrogens is 289 g/mol. The number of benzene rings is 1. The number of amides is 1. The first-order valence-corrected chi connectivity index (χ1v) is 6.30. The van der Waals surface area contributed by atoms with Gasteiger partial charge in [0.2, 0.25) is 0 Å². The van der Waals surface area contributed by atoms with Crippen molar-refractivity contribution in [2.75, 3.05) is 13.2 Å². The van der Waals surface area contributed by atoms with E-state index in [0.29, 0.717) is 11.1 Å². The van der Waals surface area contributed by atoms with Gasteiger partial charge in [0.05, 0.1) is 22.7 Å². The summed E-state index contributed by atoms with van der Waals surface area (Å²) in [4.78, 5) is 11.9. The highest BCUT2D eigenvalue weighted by Gasteiger charge is 2.19. The lowest BCUT2D eigenvalue weighted by atomic mass is 10.1. The van der Waals surface area contributed by atoms with E-state index in [1.54, 1.807) is 12.1 Å². The Morgan fingerprint density at radius 2 is 2.35 bits per heavy atom. The number of hydrogen-bond donors (Lipinski definition) is 1. The molecule has 0 bridgehead atoms. The minimum Gasteiger partial charge on any atom is -0.379 e. The van der Waals surface area contributed by atoms with Crippen LogP contribution in [0.25, 0.3) is 0 Å². The van der Waals surface area contributed by atoms with E-state index in [2.05, 4.69) is 21.2 Å².